The second-order valence-corrected chi connectivity index (χ2v) is 2.50. The molecule has 0 aromatic rings. The molecule has 58 valence electrons. The lowest BCUT2D eigenvalue weighted by Gasteiger charge is -2.19. The van der Waals surface area contributed by atoms with Gasteiger partial charge in [0.15, 0.2) is 6.23 Å². The first-order valence-electron chi connectivity index (χ1n) is 3.32. The summed E-state index contributed by atoms with van der Waals surface area (Å²) in [5.74, 6) is 0.850. The maximum Gasteiger partial charge on any atom is 0.151 e. The minimum atomic E-state index is -0.523. The molecule has 0 radical (unpaired) electrons. The van der Waals surface area contributed by atoms with Crippen molar-refractivity contribution in [3.8, 4) is 0 Å². The SMILES string of the molecule is CC1=NC(CN)C(O)N1C. The standard InChI is InChI=1S/C6H13N3O/c1-4-8-5(3-7)6(10)9(4)2/h5-6,10H,3,7H2,1-2H3. The normalized spacial score (nSPS) is 32.8. The number of nitrogens with zero attached hydrogens (tertiary/aromatic N) is 2. The van der Waals surface area contributed by atoms with E-state index in [1.54, 1.807) is 11.9 Å². The highest BCUT2D eigenvalue weighted by Crippen LogP contribution is 2.11. The van der Waals surface area contributed by atoms with Gasteiger partial charge in [0.25, 0.3) is 0 Å². The summed E-state index contributed by atoms with van der Waals surface area (Å²) >= 11 is 0. The van der Waals surface area contributed by atoms with E-state index in [2.05, 4.69) is 4.99 Å². The maximum absolute atomic E-state index is 9.36. The number of aliphatic hydroxyl groups is 1. The molecule has 0 aromatic heterocycles. The Kier molecular flexibility index (Phi) is 1.92. The second-order valence-electron chi connectivity index (χ2n) is 2.50. The van der Waals surface area contributed by atoms with Crippen LogP contribution in [0.4, 0.5) is 0 Å². The van der Waals surface area contributed by atoms with Gasteiger partial charge in [-0.15, -0.1) is 0 Å². The highest BCUT2D eigenvalue weighted by Gasteiger charge is 2.28. The van der Waals surface area contributed by atoms with Crippen LogP contribution in [0.15, 0.2) is 4.99 Å². The fourth-order valence-electron chi connectivity index (χ4n) is 1.02. The summed E-state index contributed by atoms with van der Waals surface area (Å²) in [6, 6.07) is -0.134. The van der Waals surface area contributed by atoms with E-state index in [1.807, 2.05) is 6.92 Å². The Bertz CT molecular complexity index is 157. The Labute approximate surface area is 60.3 Å². The number of nitrogens with two attached hydrogens (primary N) is 1. The van der Waals surface area contributed by atoms with Crippen LogP contribution in [0.1, 0.15) is 6.92 Å². The van der Waals surface area contributed by atoms with Crippen molar-refractivity contribution in [2.24, 2.45) is 10.7 Å². The van der Waals surface area contributed by atoms with E-state index in [-0.39, 0.29) is 6.04 Å². The van der Waals surface area contributed by atoms with E-state index in [9.17, 15) is 5.11 Å². The number of amidine groups is 1. The van der Waals surface area contributed by atoms with Gasteiger partial charge in [0.2, 0.25) is 0 Å². The average molecular weight is 143 g/mol. The molecule has 0 amide bonds. The van der Waals surface area contributed by atoms with E-state index >= 15 is 0 Å². The predicted molar refractivity (Wildman–Crippen MR) is 39.7 cm³/mol. The molecule has 0 spiro atoms. The molecule has 0 aliphatic carbocycles. The van der Waals surface area contributed by atoms with E-state index < -0.39 is 6.23 Å². The molecule has 1 aliphatic rings. The molecule has 1 rings (SSSR count). The highest BCUT2D eigenvalue weighted by molar-refractivity contribution is 5.81. The number of hydrogen-bond donors (Lipinski definition) is 2. The molecule has 4 heteroatoms. The minimum Gasteiger partial charge on any atom is -0.371 e. The summed E-state index contributed by atoms with van der Waals surface area (Å²) in [5.41, 5.74) is 5.35. The lowest BCUT2D eigenvalue weighted by molar-refractivity contribution is 0.0643. The van der Waals surface area contributed by atoms with Crippen LogP contribution in [0, 0.1) is 0 Å². The number of hydrogen-bond acceptors (Lipinski definition) is 4. The molecule has 0 saturated heterocycles. The lowest BCUT2D eigenvalue weighted by Crippen LogP contribution is -2.38. The topological polar surface area (TPSA) is 61.9 Å². The fourth-order valence-corrected chi connectivity index (χ4v) is 1.02. The fraction of sp³-hybridized carbons (Fsp3) is 0.833. The van der Waals surface area contributed by atoms with Crippen molar-refractivity contribution in [1.29, 1.82) is 0 Å². The van der Waals surface area contributed by atoms with Gasteiger partial charge in [-0.1, -0.05) is 0 Å². The Balaban J connectivity index is 2.66. The van der Waals surface area contributed by atoms with E-state index in [0.29, 0.717) is 6.54 Å². The van der Waals surface area contributed by atoms with Gasteiger partial charge in [0, 0.05) is 13.6 Å². The first-order valence-corrected chi connectivity index (χ1v) is 3.32. The molecule has 0 aromatic carbocycles. The van der Waals surface area contributed by atoms with Gasteiger partial charge >= 0.3 is 0 Å². The van der Waals surface area contributed by atoms with Gasteiger partial charge in [-0.25, -0.2) is 0 Å². The lowest BCUT2D eigenvalue weighted by atomic mass is 10.3. The van der Waals surface area contributed by atoms with Crippen molar-refractivity contribution >= 4 is 5.84 Å². The quantitative estimate of drug-likeness (QED) is 0.494. The van der Waals surface area contributed by atoms with Crippen molar-refractivity contribution in [2.75, 3.05) is 13.6 Å². The summed E-state index contributed by atoms with van der Waals surface area (Å²) in [5, 5.41) is 9.36. The molecule has 2 unspecified atom stereocenters. The van der Waals surface area contributed by atoms with Gasteiger partial charge in [0.1, 0.15) is 6.04 Å². The van der Waals surface area contributed by atoms with Crippen molar-refractivity contribution in [3.05, 3.63) is 0 Å². The number of aliphatic imine (C=N–C) groups is 1. The summed E-state index contributed by atoms with van der Waals surface area (Å²) in [7, 11) is 1.80. The third-order valence-electron chi connectivity index (χ3n) is 1.85. The smallest absolute Gasteiger partial charge is 0.151 e. The number of rotatable bonds is 1. The summed E-state index contributed by atoms with van der Waals surface area (Å²) < 4.78 is 0. The Morgan fingerprint density at radius 3 is 2.60 bits per heavy atom. The molecular weight excluding hydrogens is 130 g/mol. The second kappa shape index (κ2) is 2.56. The van der Waals surface area contributed by atoms with Gasteiger partial charge in [0.05, 0.1) is 5.84 Å². The Morgan fingerprint density at radius 1 is 1.80 bits per heavy atom. The van der Waals surface area contributed by atoms with Crippen LogP contribution in [0.5, 0.6) is 0 Å². The molecule has 1 aliphatic heterocycles. The highest BCUT2D eigenvalue weighted by atomic mass is 16.3. The van der Waals surface area contributed by atoms with Gasteiger partial charge in [-0.3, -0.25) is 4.99 Å². The number of likely N-dealkylation sites (N-methyl/N-ethyl adjacent to an activating group) is 1. The Morgan fingerprint density at radius 2 is 2.40 bits per heavy atom. The van der Waals surface area contributed by atoms with Crippen LogP contribution in [0.2, 0.25) is 0 Å². The molecule has 3 N–H and O–H groups in total. The monoisotopic (exact) mass is 143 g/mol. The van der Waals surface area contributed by atoms with Crippen molar-refractivity contribution in [3.63, 3.8) is 0 Å². The van der Waals surface area contributed by atoms with E-state index in [0.717, 1.165) is 5.84 Å². The zero-order valence-electron chi connectivity index (χ0n) is 6.28. The predicted octanol–water partition coefficient (Wildman–Crippen LogP) is -1.00. The number of aliphatic hydroxyl groups excluding tert-OH is 1. The molecule has 0 saturated carbocycles. The molecule has 0 bridgehead atoms. The van der Waals surface area contributed by atoms with Crippen molar-refractivity contribution in [1.82, 2.24) is 4.90 Å². The first-order chi connectivity index (χ1) is 4.66. The Hall–Kier alpha value is -0.610. The molecule has 1 heterocycles. The average Bonchev–Trinajstić information content (AvgIpc) is 2.17. The van der Waals surface area contributed by atoms with Crippen LogP contribution in [0.3, 0.4) is 0 Å². The molecule has 4 nitrogen and oxygen atoms in total. The first kappa shape index (κ1) is 7.50. The summed E-state index contributed by atoms with van der Waals surface area (Å²) in [6.07, 6.45) is -0.523. The largest absolute Gasteiger partial charge is 0.371 e. The van der Waals surface area contributed by atoms with Crippen LogP contribution in [0.25, 0.3) is 0 Å². The van der Waals surface area contributed by atoms with Crippen LogP contribution < -0.4 is 5.73 Å². The van der Waals surface area contributed by atoms with Crippen molar-refractivity contribution < 1.29 is 5.11 Å². The molecule has 0 fully saturated rings. The van der Waals surface area contributed by atoms with Gasteiger partial charge < -0.3 is 15.7 Å². The van der Waals surface area contributed by atoms with Gasteiger partial charge in [-0.05, 0) is 6.92 Å². The van der Waals surface area contributed by atoms with Gasteiger partial charge in [-0.2, -0.15) is 0 Å². The molecular formula is C6H13N3O. The van der Waals surface area contributed by atoms with Crippen LogP contribution >= 0.6 is 0 Å². The van der Waals surface area contributed by atoms with Crippen LogP contribution in [-0.4, -0.2) is 41.7 Å². The van der Waals surface area contributed by atoms with Crippen molar-refractivity contribution in [2.45, 2.75) is 19.2 Å². The zero-order valence-corrected chi connectivity index (χ0v) is 6.28. The minimum absolute atomic E-state index is 0.134. The summed E-state index contributed by atoms with van der Waals surface area (Å²) in [4.78, 5) is 5.86. The van der Waals surface area contributed by atoms with E-state index in [1.165, 1.54) is 0 Å². The van der Waals surface area contributed by atoms with E-state index in [4.69, 9.17) is 5.73 Å². The maximum atomic E-state index is 9.36. The third-order valence-corrected chi connectivity index (χ3v) is 1.85. The summed E-state index contributed by atoms with van der Waals surface area (Å²) in [6.45, 7) is 2.27. The molecule has 2 atom stereocenters. The third kappa shape index (κ3) is 0.998. The van der Waals surface area contributed by atoms with Crippen LogP contribution in [-0.2, 0) is 0 Å². The molecule has 10 heavy (non-hydrogen) atoms. The zero-order chi connectivity index (χ0) is 7.72.